The van der Waals surface area contributed by atoms with E-state index in [2.05, 4.69) is 10.2 Å². The largest absolute Gasteiger partial charge is 0.462 e. The molecule has 3 rings (SSSR count). The van der Waals surface area contributed by atoms with Crippen molar-refractivity contribution in [2.75, 3.05) is 25.0 Å². The van der Waals surface area contributed by atoms with Crippen LogP contribution in [0.1, 0.15) is 35.7 Å². The van der Waals surface area contributed by atoms with Gasteiger partial charge in [0, 0.05) is 23.2 Å². The van der Waals surface area contributed by atoms with Gasteiger partial charge in [0.15, 0.2) is 0 Å². The van der Waals surface area contributed by atoms with Gasteiger partial charge in [-0.1, -0.05) is 35.3 Å². The summed E-state index contributed by atoms with van der Waals surface area (Å²) in [4.78, 5) is 26.8. The van der Waals surface area contributed by atoms with Crippen molar-refractivity contribution in [3.8, 4) is 0 Å². The quantitative estimate of drug-likeness (QED) is 0.648. The molecule has 0 saturated carbocycles. The molecule has 5 nitrogen and oxygen atoms in total. The maximum atomic E-state index is 12.6. The fraction of sp³-hybridized carbons (Fsp3) is 0.364. The number of carbonyl (C=O) groups excluding carboxylic acids is 2. The molecule has 1 heterocycles. The minimum Gasteiger partial charge on any atom is -0.462 e. The number of ether oxygens (including phenoxy) is 1. The summed E-state index contributed by atoms with van der Waals surface area (Å²) in [5.74, 6) is -0.528. The minimum atomic E-state index is -0.469. The van der Waals surface area contributed by atoms with Gasteiger partial charge in [0.25, 0.3) is 0 Å². The molecule has 1 fully saturated rings. The van der Waals surface area contributed by atoms with E-state index >= 15 is 0 Å². The molecule has 1 saturated heterocycles. The van der Waals surface area contributed by atoms with Crippen molar-refractivity contribution < 1.29 is 14.3 Å². The van der Waals surface area contributed by atoms with Gasteiger partial charge in [0.1, 0.15) is 0 Å². The van der Waals surface area contributed by atoms with Crippen LogP contribution in [0.5, 0.6) is 0 Å². The lowest BCUT2D eigenvalue weighted by atomic mass is 9.95. The molecule has 1 aliphatic rings. The van der Waals surface area contributed by atoms with Crippen LogP contribution in [0.3, 0.4) is 0 Å². The molecule has 2 aromatic carbocycles. The van der Waals surface area contributed by atoms with Crippen molar-refractivity contribution in [1.82, 2.24) is 4.90 Å². The predicted octanol–water partition coefficient (Wildman–Crippen LogP) is 5.02. The standard InChI is InChI=1S/C22H24Cl2N2O3/c1-2-29-22(28)19-8-7-18(13-20(19)24)25-21(27)16-9-11-26(12-10-16)14-15-3-5-17(23)6-4-15/h3-8,13,16H,2,9-12,14H2,1H3,(H,25,27). The molecule has 2 aromatic rings. The number of carbonyl (C=O) groups is 2. The van der Waals surface area contributed by atoms with E-state index < -0.39 is 5.97 Å². The van der Waals surface area contributed by atoms with Crippen molar-refractivity contribution >= 4 is 40.8 Å². The molecule has 0 aromatic heterocycles. The Labute approximate surface area is 180 Å². The zero-order chi connectivity index (χ0) is 20.8. The number of hydrogen-bond donors (Lipinski definition) is 1. The van der Waals surface area contributed by atoms with Gasteiger partial charge in [0.2, 0.25) is 5.91 Å². The summed E-state index contributed by atoms with van der Waals surface area (Å²) in [6, 6.07) is 12.7. The van der Waals surface area contributed by atoms with Gasteiger partial charge in [-0.2, -0.15) is 0 Å². The van der Waals surface area contributed by atoms with E-state index in [9.17, 15) is 9.59 Å². The van der Waals surface area contributed by atoms with Crippen LogP contribution in [-0.2, 0) is 16.1 Å². The predicted molar refractivity (Wildman–Crippen MR) is 115 cm³/mol. The first-order valence-electron chi connectivity index (χ1n) is 9.70. The van der Waals surface area contributed by atoms with Gasteiger partial charge < -0.3 is 10.1 Å². The summed E-state index contributed by atoms with van der Waals surface area (Å²) in [5.41, 5.74) is 2.09. The molecule has 1 N–H and O–H groups in total. The maximum Gasteiger partial charge on any atom is 0.339 e. The maximum absolute atomic E-state index is 12.6. The summed E-state index contributed by atoms with van der Waals surface area (Å²) in [6.45, 7) is 4.61. The second-order valence-corrected chi connectivity index (χ2v) is 7.92. The number of halogens is 2. The Morgan fingerprint density at radius 3 is 2.41 bits per heavy atom. The third kappa shape index (κ3) is 5.95. The minimum absolute atomic E-state index is 0.0175. The molecular formula is C22H24Cl2N2O3. The number of amides is 1. The Kier molecular flexibility index (Phi) is 7.53. The van der Waals surface area contributed by atoms with Gasteiger partial charge in [-0.15, -0.1) is 0 Å². The summed E-state index contributed by atoms with van der Waals surface area (Å²) >= 11 is 12.1. The molecule has 0 unspecified atom stereocenters. The Morgan fingerprint density at radius 1 is 1.10 bits per heavy atom. The number of likely N-dealkylation sites (tertiary alicyclic amines) is 1. The zero-order valence-electron chi connectivity index (χ0n) is 16.3. The van der Waals surface area contributed by atoms with Crippen LogP contribution in [0.2, 0.25) is 10.0 Å². The van der Waals surface area contributed by atoms with Gasteiger partial charge >= 0.3 is 5.97 Å². The average molecular weight is 435 g/mol. The molecular weight excluding hydrogens is 411 g/mol. The third-order valence-corrected chi connectivity index (χ3v) is 5.57. The highest BCUT2D eigenvalue weighted by Crippen LogP contribution is 2.25. The molecule has 7 heteroatoms. The smallest absolute Gasteiger partial charge is 0.339 e. The van der Waals surface area contributed by atoms with E-state index in [-0.39, 0.29) is 23.5 Å². The number of esters is 1. The van der Waals surface area contributed by atoms with Crippen LogP contribution >= 0.6 is 23.2 Å². The number of benzene rings is 2. The van der Waals surface area contributed by atoms with E-state index in [1.165, 1.54) is 5.56 Å². The van der Waals surface area contributed by atoms with E-state index in [4.69, 9.17) is 27.9 Å². The van der Waals surface area contributed by atoms with E-state index in [0.29, 0.717) is 11.3 Å². The molecule has 1 amide bonds. The Balaban J connectivity index is 1.51. The summed E-state index contributed by atoms with van der Waals surface area (Å²) in [6.07, 6.45) is 1.60. The summed E-state index contributed by atoms with van der Waals surface area (Å²) in [5, 5.41) is 3.91. The van der Waals surface area contributed by atoms with Crippen LogP contribution in [0.15, 0.2) is 42.5 Å². The number of rotatable bonds is 6. The monoisotopic (exact) mass is 434 g/mol. The second kappa shape index (κ2) is 10.1. The Hall–Kier alpha value is -2.08. The van der Waals surface area contributed by atoms with Crippen molar-refractivity contribution in [3.05, 3.63) is 63.6 Å². The second-order valence-electron chi connectivity index (χ2n) is 7.08. The normalized spacial score (nSPS) is 15.1. The first kappa shape index (κ1) is 21.6. The number of nitrogens with zero attached hydrogens (tertiary/aromatic N) is 1. The van der Waals surface area contributed by atoms with E-state index in [0.717, 1.165) is 37.5 Å². The molecule has 0 atom stereocenters. The topological polar surface area (TPSA) is 58.6 Å². The van der Waals surface area contributed by atoms with Gasteiger partial charge in [0.05, 0.1) is 17.2 Å². The van der Waals surface area contributed by atoms with Crippen LogP contribution < -0.4 is 5.32 Å². The van der Waals surface area contributed by atoms with Crippen LogP contribution in [0.25, 0.3) is 0 Å². The van der Waals surface area contributed by atoms with Crippen molar-refractivity contribution in [2.24, 2.45) is 5.92 Å². The summed E-state index contributed by atoms with van der Waals surface area (Å²) in [7, 11) is 0. The Morgan fingerprint density at radius 2 is 1.79 bits per heavy atom. The van der Waals surface area contributed by atoms with Gasteiger partial charge in [-0.3, -0.25) is 9.69 Å². The van der Waals surface area contributed by atoms with Crippen molar-refractivity contribution in [2.45, 2.75) is 26.3 Å². The highest BCUT2D eigenvalue weighted by atomic mass is 35.5. The summed E-state index contributed by atoms with van der Waals surface area (Å²) < 4.78 is 4.96. The van der Waals surface area contributed by atoms with Crippen molar-refractivity contribution in [3.63, 3.8) is 0 Å². The molecule has 154 valence electrons. The lowest BCUT2D eigenvalue weighted by Crippen LogP contribution is -2.37. The molecule has 0 spiro atoms. The molecule has 1 aliphatic heterocycles. The molecule has 0 bridgehead atoms. The van der Waals surface area contributed by atoms with Crippen LogP contribution in [0.4, 0.5) is 5.69 Å². The number of piperidine rings is 1. The Bertz CT molecular complexity index is 863. The SMILES string of the molecule is CCOC(=O)c1ccc(NC(=O)C2CCN(Cc3ccc(Cl)cc3)CC2)cc1Cl. The molecule has 29 heavy (non-hydrogen) atoms. The lowest BCUT2D eigenvalue weighted by molar-refractivity contribution is -0.121. The fourth-order valence-corrected chi connectivity index (χ4v) is 3.80. The van der Waals surface area contributed by atoms with Gasteiger partial charge in [-0.05, 0) is 68.8 Å². The van der Waals surface area contributed by atoms with Crippen LogP contribution in [-0.4, -0.2) is 36.5 Å². The number of anilines is 1. The highest BCUT2D eigenvalue weighted by molar-refractivity contribution is 6.34. The highest BCUT2D eigenvalue weighted by Gasteiger charge is 2.25. The van der Waals surface area contributed by atoms with E-state index in [1.807, 2.05) is 24.3 Å². The van der Waals surface area contributed by atoms with E-state index in [1.54, 1.807) is 25.1 Å². The molecule has 0 aliphatic carbocycles. The average Bonchev–Trinajstić information content (AvgIpc) is 2.70. The first-order valence-corrected chi connectivity index (χ1v) is 10.5. The van der Waals surface area contributed by atoms with Crippen molar-refractivity contribution in [1.29, 1.82) is 0 Å². The molecule has 0 radical (unpaired) electrons. The fourth-order valence-electron chi connectivity index (χ4n) is 3.41. The number of hydrogen-bond acceptors (Lipinski definition) is 4. The third-order valence-electron chi connectivity index (χ3n) is 5.01. The lowest BCUT2D eigenvalue weighted by Gasteiger charge is -2.31. The number of nitrogens with one attached hydrogen (secondary N) is 1. The van der Waals surface area contributed by atoms with Crippen LogP contribution in [0, 0.1) is 5.92 Å². The van der Waals surface area contributed by atoms with Gasteiger partial charge in [-0.25, -0.2) is 4.79 Å². The first-order chi connectivity index (χ1) is 14.0. The zero-order valence-corrected chi connectivity index (χ0v) is 17.8.